The van der Waals surface area contributed by atoms with Crippen LogP contribution in [0, 0.1) is 0 Å². The second kappa shape index (κ2) is 8.68. The summed E-state index contributed by atoms with van der Waals surface area (Å²) >= 11 is 3.49. The largest absolute Gasteiger partial charge is 0.496 e. The first-order valence-electron chi connectivity index (χ1n) is 11.0. The van der Waals surface area contributed by atoms with Crippen LogP contribution in [0.25, 0.3) is 0 Å². The zero-order valence-electron chi connectivity index (χ0n) is 18.8. The topological polar surface area (TPSA) is 79.9 Å². The molecule has 3 aromatic rings. The van der Waals surface area contributed by atoms with Crippen LogP contribution in [0.4, 0.5) is 10.5 Å². The van der Waals surface area contributed by atoms with E-state index in [2.05, 4.69) is 26.6 Å². The summed E-state index contributed by atoms with van der Waals surface area (Å²) in [7, 11) is 1.60. The number of amides is 3. The number of ether oxygens (including phenoxy) is 2. The first kappa shape index (κ1) is 22.3. The zero-order chi connectivity index (χ0) is 23.9. The minimum atomic E-state index is -0.889. The third-order valence-corrected chi connectivity index (χ3v) is 6.73. The highest BCUT2D eigenvalue weighted by Crippen LogP contribution is 2.46. The fraction of sp³-hybridized carbons (Fsp3) is 0.231. The first-order valence-corrected chi connectivity index (χ1v) is 11.8. The molecule has 0 radical (unpaired) electrons. The molecule has 34 heavy (non-hydrogen) atoms. The summed E-state index contributed by atoms with van der Waals surface area (Å²) < 4.78 is 12.6. The van der Waals surface area contributed by atoms with Gasteiger partial charge in [0, 0.05) is 34.1 Å². The molecule has 2 aliphatic heterocycles. The van der Waals surface area contributed by atoms with Gasteiger partial charge in [-0.2, -0.15) is 0 Å². The monoisotopic (exact) mass is 521 g/mol. The third-order valence-electron chi connectivity index (χ3n) is 6.23. The van der Waals surface area contributed by atoms with Gasteiger partial charge >= 0.3 is 6.03 Å². The summed E-state index contributed by atoms with van der Waals surface area (Å²) in [6.07, 6.45) is 0.576. The molecular formula is C26H24BrN3O4. The summed E-state index contributed by atoms with van der Waals surface area (Å²) in [6, 6.07) is 19.9. The van der Waals surface area contributed by atoms with Crippen LogP contribution in [-0.4, -0.2) is 24.8 Å². The van der Waals surface area contributed by atoms with E-state index in [1.54, 1.807) is 30.2 Å². The maximum Gasteiger partial charge on any atom is 0.325 e. The van der Waals surface area contributed by atoms with Gasteiger partial charge in [0.2, 0.25) is 0 Å². The molecule has 8 heteroatoms. The quantitative estimate of drug-likeness (QED) is 0.486. The van der Waals surface area contributed by atoms with Gasteiger partial charge in [-0.1, -0.05) is 40.2 Å². The maximum atomic E-state index is 13.2. The molecule has 3 aromatic carbocycles. The molecule has 2 heterocycles. The molecule has 3 amide bonds. The number of carbonyl (C=O) groups excluding carboxylic acids is 2. The van der Waals surface area contributed by atoms with Gasteiger partial charge in [0.15, 0.2) is 5.72 Å². The number of nitrogens with one attached hydrogen (secondary N) is 2. The fourth-order valence-electron chi connectivity index (χ4n) is 4.65. The molecule has 0 aromatic heterocycles. The second-order valence-electron chi connectivity index (χ2n) is 8.55. The Balaban J connectivity index is 1.39. The average Bonchev–Trinajstić information content (AvgIpc) is 2.83. The SMILES string of the molecule is COc1ccccc1CNC(=O)c1cccc(N2C(=O)N[C@H]3C[C@@]2(C)Oc2ccc(Br)cc23)c1. The van der Waals surface area contributed by atoms with Crippen molar-refractivity contribution in [1.29, 1.82) is 0 Å². The van der Waals surface area contributed by atoms with Crippen LogP contribution < -0.4 is 25.0 Å². The number of halogens is 1. The Labute approximate surface area is 206 Å². The van der Waals surface area contributed by atoms with E-state index in [1.165, 1.54) is 0 Å². The van der Waals surface area contributed by atoms with E-state index in [1.807, 2.05) is 55.5 Å². The van der Waals surface area contributed by atoms with Crippen LogP contribution in [0.3, 0.4) is 0 Å². The van der Waals surface area contributed by atoms with Crippen molar-refractivity contribution >= 4 is 33.6 Å². The molecule has 2 aliphatic rings. The van der Waals surface area contributed by atoms with Crippen molar-refractivity contribution in [3.63, 3.8) is 0 Å². The van der Waals surface area contributed by atoms with Gasteiger partial charge in [0.1, 0.15) is 11.5 Å². The van der Waals surface area contributed by atoms with Crippen LogP contribution in [0.5, 0.6) is 11.5 Å². The fourth-order valence-corrected chi connectivity index (χ4v) is 5.03. The number of urea groups is 1. The van der Waals surface area contributed by atoms with E-state index in [0.29, 0.717) is 30.0 Å². The second-order valence-corrected chi connectivity index (χ2v) is 9.46. The molecule has 7 nitrogen and oxygen atoms in total. The van der Waals surface area contributed by atoms with Gasteiger partial charge in [0.25, 0.3) is 5.91 Å². The molecule has 2 N–H and O–H groups in total. The van der Waals surface area contributed by atoms with Crippen LogP contribution >= 0.6 is 15.9 Å². The lowest BCUT2D eigenvalue weighted by Gasteiger charge is -2.50. The highest BCUT2D eigenvalue weighted by Gasteiger charge is 2.49. The zero-order valence-corrected chi connectivity index (χ0v) is 20.4. The van der Waals surface area contributed by atoms with Crippen molar-refractivity contribution in [2.24, 2.45) is 0 Å². The highest BCUT2D eigenvalue weighted by molar-refractivity contribution is 9.10. The summed E-state index contributed by atoms with van der Waals surface area (Å²) in [5.74, 6) is 1.20. The van der Waals surface area contributed by atoms with E-state index in [-0.39, 0.29) is 18.0 Å². The van der Waals surface area contributed by atoms with Crippen molar-refractivity contribution in [1.82, 2.24) is 10.6 Å². The van der Waals surface area contributed by atoms with Gasteiger partial charge in [-0.15, -0.1) is 0 Å². The Bertz CT molecular complexity index is 1280. The Morgan fingerprint density at radius 3 is 2.85 bits per heavy atom. The van der Waals surface area contributed by atoms with E-state index >= 15 is 0 Å². The summed E-state index contributed by atoms with van der Waals surface area (Å²) in [4.78, 5) is 27.7. The molecule has 174 valence electrons. The molecule has 0 aliphatic carbocycles. The minimum Gasteiger partial charge on any atom is -0.496 e. The smallest absolute Gasteiger partial charge is 0.325 e. The molecule has 0 saturated carbocycles. The van der Waals surface area contributed by atoms with Gasteiger partial charge in [-0.3, -0.25) is 9.69 Å². The number of benzene rings is 3. The molecule has 5 rings (SSSR count). The van der Waals surface area contributed by atoms with Crippen molar-refractivity contribution in [3.05, 3.63) is 87.9 Å². The summed E-state index contributed by atoms with van der Waals surface area (Å²) in [5.41, 5.74) is 1.98. The lowest BCUT2D eigenvalue weighted by atomic mass is 9.90. The molecule has 0 unspecified atom stereocenters. The normalized spacial score (nSPS) is 20.6. The van der Waals surface area contributed by atoms with Crippen LogP contribution in [0.2, 0.25) is 0 Å². The lowest BCUT2D eigenvalue weighted by molar-refractivity contribution is 0.0378. The van der Waals surface area contributed by atoms with Crippen molar-refractivity contribution < 1.29 is 19.1 Å². The number of rotatable bonds is 5. The van der Waals surface area contributed by atoms with Crippen molar-refractivity contribution in [2.75, 3.05) is 12.0 Å². The van der Waals surface area contributed by atoms with Crippen LogP contribution in [0.1, 0.15) is 40.9 Å². The number of carbonyl (C=O) groups is 2. The molecular weight excluding hydrogens is 498 g/mol. The van der Waals surface area contributed by atoms with E-state index in [4.69, 9.17) is 9.47 Å². The molecule has 2 bridgehead atoms. The van der Waals surface area contributed by atoms with E-state index in [0.717, 1.165) is 21.3 Å². The average molecular weight is 522 g/mol. The predicted octanol–water partition coefficient (Wildman–Crippen LogP) is 5.16. The number of methoxy groups -OCH3 is 1. The predicted molar refractivity (Wildman–Crippen MR) is 132 cm³/mol. The number of nitrogens with zero attached hydrogens (tertiary/aromatic N) is 1. The van der Waals surface area contributed by atoms with Gasteiger partial charge in [-0.05, 0) is 49.4 Å². The van der Waals surface area contributed by atoms with Gasteiger partial charge < -0.3 is 20.1 Å². The van der Waals surface area contributed by atoms with Gasteiger partial charge in [-0.25, -0.2) is 4.79 Å². The summed E-state index contributed by atoms with van der Waals surface area (Å²) in [5, 5.41) is 6.01. The number of hydrogen-bond acceptors (Lipinski definition) is 4. The Kier molecular flexibility index (Phi) is 5.69. The number of para-hydroxylation sites is 1. The number of hydrogen-bond donors (Lipinski definition) is 2. The van der Waals surface area contributed by atoms with Gasteiger partial charge in [0.05, 0.1) is 18.8 Å². The number of anilines is 1. The summed E-state index contributed by atoms with van der Waals surface area (Å²) in [6.45, 7) is 2.23. The molecule has 1 fully saturated rings. The highest BCUT2D eigenvalue weighted by atomic mass is 79.9. The molecule has 0 spiro atoms. The first-order chi connectivity index (χ1) is 16.4. The van der Waals surface area contributed by atoms with Crippen molar-refractivity contribution in [2.45, 2.75) is 31.7 Å². The molecule has 2 atom stereocenters. The van der Waals surface area contributed by atoms with Crippen LogP contribution in [0.15, 0.2) is 71.2 Å². The van der Waals surface area contributed by atoms with E-state index < -0.39 is 5.72 Å². The minimum absolute atomic E-state index is 0.151. The van der Waals surface area contributed by atoms with E-state index in [9.17, 15) is 9.59 Å². The Hall–Kier alpha value is -3.52. The third kappa shape index (κ3) is 3.98. The standard InChI is InChI=1S/C26H24BrN3O4/c1-26-14-21(20-13-18(27)10-11-23(20)34-26)29-25(32)30(26)19-8-5-7-16(12-19)24(31)28-15-17-6-3-4-9-22(17)33-2/h3-13,21H,14-15H2,1-2H3,(H,28,31)(H,29,32)/t21-,26+/m0/s1. The number of fused-ring (bicyclic) bond motifs is 4. The molecule has 1 saturated heterocycles. The van der Waals surface area contributed by atoms with Crippen molar-refractivity contribution in [3.8, 4) is 11.5 Å². The van der Waals surface area contributed by atoms with Crippen LogP contribution in [-0.2, 0) is 6.54 Å². The maximum absolute atomic E-state index is 13.2. The Morgan fingerprint density at radius 1 is 1.21 bits per heavy atom. The Morgan fingerprint density at radius 2 is 2.03 bits per heavy atom. The lowest BCUT2D eigenvalue weighted by Crippen LogP contribution is -2.65.